The Labute approximate surface area is 122 Å². The van der Waals surface area contributed by atoms with Gasteiger partial charge in [-0.25, -0.2) is 9.78 Å². The zero-order valence-electron chi connectivity index (χ0n) is 11.6. The number of hydrogen-bond donors (Lipinski definition) is 1. The Balaban J connectivity index is 2.70. The molecule has 0 aliphatic heterocycles. The first-order valence-corrected chi connectivity index (χ1v) is 6.89. The lowest BCUT2D eigenvalue weighted by Crippen LogP contribution is -2.37. The Hall–Kier alpha value is -1.30. The molecule has 0 saturated carbocycles. The van der Waals surface area contributed by atoms with E-state index in [0.29, 0.717) is 25.3 Å². The molecule has 1 rings (SSSR count). The van der Waals surface area contributed by atoms with Crippen molar-refractivity contribution in [2.45, 2.75) is 39.3 Å². The molecule has 0 aliphatic rings. The van der Waals surface area contributed by atoms with Crippen molar-refractivity contribution < 1.29 is 9.53 Å². The number of aromatic amines is 1. The summed E-state index contributed by atoms with van der Waals surface area (Å²) in [5.74, 6) is 0.710. The second kappa shape index (κ2) is 6.75. The topological polar surface area (TPSA) is 58.2 Å². The third kappa shape index (κ3) is 5.92. The fourth-order valence-corrected chi connectivity index (χ4v) is 1.74. The van der Waals surface area contributed by atoms with Crippen molar-refractivity contribution in [3.05, 3.63) is 29.3 Å². The summed E-state index contributed by atoms with van der Waals surface area (Å²) in [6, 6.07) is 0. The Morgan fingerprint density at radius 1 is 1.63 bits per heavy atom. The van der Waals surface area contributed by atoms with Crippen LogP contribution >= 0.6 is 15.9 Å². The predicted molar refractivity (Wildman–Crippen MR) is 77.7 cm³/mol. The van der Waals surface area contributed by atoms with Crippen molar-refractivity contribution >= 4 is 22.0 Å². The van der Waals surface area contributed by atoms with Gasteiger partial charge in [-0.15, -0.1) is 6.58 Å². The van der Waals surface area contributed by atoms with Gasteiger partial charge in [-0.2, -0.15) is 0 Å². The van der Waals surface area contributed by atoms with E-state index >= 15 is 0 Å². The summed E-state index contributed by atoms with van der Waals surface area (Å²) in [4.78, 5) is 20.9. The number of carbonyl (C=O) groups is 1. The van der Waals surface area contributed by atoms with E-state index in [1.807, 2.05) is 20.8 Å². The molecule has 0 radical (unpaired) electrons. The van der Waals surface area contributed by atoms with Gasteiger partial charge in [0.25, 0.3) is 0 Å². The largest absolute Gasteiger partial charge is 0.444 e. The minimum atomic E-state index is -0.507. The van der Waals surface area contributed by atoms with E-state index in [4.69, 9.17) is 4.74 Å². The second-order valence-electron chi connectivity index (χ2n) is 5.16. The van der Waals surface area contributed by atoms with Crippen LogP contribution in [0, 0.1) is 0 Å². The number of carbonyl (C=O) groups excluding carboxylic acids is 1. The van der Waals surface area contributed by atoms with Crippen molar-refractivity contribution in [1.29, 1.82) is 0 Å². The number of imidazole rings is 1. The number of H-pyrrole nitrogens is 1. The number of amides is 1. The number of halogens is 1. The SMILES string of the molecule is C=CCCN(Cc1ncc(Br)[nH]1)C(=O)OC(C)(C)C. The van der Waals surface area contributed by atoms with Gasteiger partial charge in [0.2, 0.25) is 0 Å². The molecule has 6 heteroatoms. The number of hydrogen-bond acceptors (Lipinski definition) is 3. The monoisotopic (exact) mass is 329 g/mol. The fourth-order valence-electron chi connectivity index (χ4n) is 1.41. The minimum Gasteiger partial charge on any atom is -0.444 e. The molecule has 0 aromatic carbocycles. The fraction of sp³-hybridized carbons (Fsp3) is 0.538. The van der Waals surface area contributed by atoms with Gasteiger partial charge in [-0.3, -0.25) is 0 Å². The highest BCUT2D eigenvalue weighted by Crippen LogP contribution is 2.13. The van der Waals surface area contributed by atoms with Gasteiger partial charge in [0.1, 0.15) is 16.0 Å². The van der Waals surface area contributed by atoms with E-state index in [1.165, 1.54) is 0 Å². The average molecular weight is 330 g/mol. The summed E-state index contributed by atoms with van der Waals surface area (Å²) >= 11 is 3.29. The van der Waals surface area contributed by atoms with E-state index in [0.717, 1.165) is 4.60 Å². The molecule has 1 N–H and O–H groups in total. The van der Waals surface area contributed by atoms with Crippen LogP contribution in [0.4, 0.5) is 4.79 Å². The van der Waals surface area contributed by atoms with Crippen molar-refractivity contribution in [2.24, 2.45) is 0 Å². The van der Waals surface area contributed by atoms with Gasteiger partial charge < -0.3 is 14.6 Å². The maximum atomic E-state index is 12.1. The smallest absolute Gasteiger partial charge is 0.410 e. The quantitative estimate of drug-likeness (QED) is 0.841. The van der Waals surface area contributed by atoms with Gasteiger partial charge in [0, 0.05) is 6.54 Å². The molecule has 0 bridgehead atoms. The molecular formula is C13H20BrN3O2. The van der Waals surface area contributed by atoms with Crippen molar-refractivity contribution in [2.75, 3.05) is 6.54 Å². The van der Waals surface area contributed by atoms with Crippen LogP contribution in [-0.4, -0.2) is 33.1 Å². The number of aromatic nitrogens is 2. The second-order valence-corrected chi connectivity index (χ2v) is 6.01. The predicted octanol–water partition coefficient (Wildman–Crippen LogP) is 3.49. The third-order valence-electron chi connectivity index (χ3n) is 2.19. The number of nitrogens with zero attached hydrogens (tertiary/aromatic N) is 2. The lowest BCUT2D eigenvalue weighted by molar-refractivity contribution is 0.0232. The Bertz CT molecular complexity index is 437. The van der Waals surface area contributed by atoms with Crippen LogP contribution in [0.25, 0.3) is 0 Å². The number of ether oxygens (including phenoxy) is 1. The summed E-state index contributed by atoms with van der Waals surface area (Å²) in [5, 5.41) is 0. The van der Waals surface area contributed by atoms with Crippen LogP contribution < -0.4 is 0 Å². The molecule has 1 amide bonds. The Morgan fingerprint density at radius 3 is 2.79 bits per heavy atom. The van der Waals surface area contributed by atoms with E-state index in [1.54, 1.807) is 17.2 Å². The molecule has 19 heavy (non-hydrogen) atoms. The summed E-state index contributed by atoms with van der Waals surface area (Å²) in [5.41, 5.74) is -0.507. The summed E-state index contributed by atoms with van der Waals surface area (Å²) < 4.78 is 6.16. The van der Waals surface area contributed by atoms with Crippen molar-refractivity contribution in [3.63, 3.8) is 0 Å². The summed E-state index contributed by atoms with van der Waals surface area (Å²) in [7, 11) is 0. The van der Waals surface area contributed by atoms with Crippen molar-refractivity contribution in [3.8, 4) is 0 Å². The van der Waals surface area contributed by atoms with Gasteiger partial charge in [-0.1, -0.05) is 6.08 Å². The van der Waals surface area contributed by atoms with Crippen LogP contribution in [0.15, 0.2) is 23.5 Å². The maximum Gasteiger partial charge on any atom is 0.410 e. The first kappa shape index (κ1) is 15.8. The molecule has 0 unspecified atom stereocenters. The molecule has 5 nitrogen and oxygen atoms in total. The molecule has 0 spiro atoms. The van der Waals surface area contributed by atoms with Crippen LogP contribution in [0.1, 0.15) is 33.0 Å². The molecule has 106 valence electrons. The highest BCUT2D eigenvalue weighted by Gasteiger charge is 2.22. The van der Waals surface area contributed by atoms with E-state index in [9.17, 15) is 4.79 Å². The first-order chi connectivity index (χ1) is 8.81. The zero-order chi connectivity index (χ0) is 14.5. The molecule has 0 fully saturated rings. The van der Waals surface area contributed by atoms with E-state index < -0.39 is 5.60 Å². The lowest BCUT2D eigenvalue weighted by atomic mass is 10.2. The lowest BCUT2D eigenvalue weighted by Gasteiger charge is -2.26. The Kier molecular flexibility index (Phi) is 5.60. The molecule has 1 aromatic rings. The van der Waals surface area contributed by atoms with Gasteiger partial charge in [0.15, 0.2) is 0 Å². The molecule has 1 heterocycles. The molecular weight excluding hydrogens is 310 g/mol. The summed E-state index contributed by atoms with van der Waals surface area (Å²) in [6.07, 6.45) is 3.80. The van der Waals surface area contributed by atoms with Gasteiger partial charge in [-0.05, 0) is 43.1 Å². The van der Waals surface area contributed by atoms with Crippen LogP contribution in [-0.2, 0) is 11.3 Å². The van der Waals surface area contributed by atoms with E-state index in [-0.39, 0.29) is 6.09 Å². The van der Waals surface area contributed by atoms with Gasteiger partial charge in [0.05, 0.1) is 12.7 Å². The van der Waals surface area contributed by atoms with Crippen LogP contribution in [0.2, 0.25) is 0 Å². The first-order valence-electron chi connectivity index (χ1n) is 6.10. The normalized spacial score (nSPS) is 11.2. The third-order valence-corrected chi connectivity index (χ3v) is 2.60. The minimum absolute atomic E-state index is 0.345. The van der Waals surface area contributed by atoms with E-state index in [2.05, 4.69) is 32.5 Å². The van der Waals surface area contributed by atoms with Gasteiger partial charge >= 0.3 is 6.09 Å². The maximum absolute atomic E-state index is 12.1. The standard InChI is InChI=1S/C13H20BrN3O2/c1-5-6-7-17(12(18)19-13(2,3)4)9-11-15-8-10(14)16-11/h5,8H,1,6-7,9H2,2-4H3,(H,15,16). The molecule has 0 atom stereocenters. The van der Waals surface area contributed by atoms with Crippen molar-refractivity contribution in [1.82, 2.24) is 14.9 Å². The van der Waals surface area contributed by atoms with Crippen LogP contribution in [0.5, 0.6) is 0 Å². The number of rotatable bonds is 5. The molecule has 0 aliphatic carbocycles. The highest BCUT2D eigenvalue weighted by atomic mass is 79.9. The number of nitrogens with one attached hydrogen (secondary N) is 1. The average Bonchev–Trinajstić information content (AvgIpc) is 2.67. The summed E-state index contributed by atoms with van der Waals surface area (Å²) in [6.45, 7) is 10.1. The van der Waals surface area contributed by atoms with Crippen LogP contribution in [0.3, 0.4) is 0 Å². The highest BCUT2D eigenvalue weighted by molar-refractivity contribution is 9.10. The Morgan fingerprint density at radius 2 is 2.32 bits per heavy atom. The molecule has 1 aromatic heterocycles. The zero-order valence-corrected chi connectivity index (χ0v) is 13.2. The molecule has 0 saturated heterocycles.